The number of aryl methyl sites for hydroxylation is 1. The van der Waals surface area contributed by atoms with Crippen molar-refractivity contribution in [1.29, 1.82) is 0 Å². The van der Waals surface area contributed by atoms with Gasteiger partial charge in [0.1, 0.15) is 0 Å². The van der Waals surface area contributed by atoms with Crippen molar-refractivity contribution >= 4 is 33.6 Å². The molecule has 1 rings (SSSR count). The Hall–Kier alpha value is -1.56. The zero-order chi connectivity index (χ0) is 14.4. The van der Waals surface area contributed by atoms with Crippen LogP contribution >= 0.6 is 15.9 Å². The lowest BCUT2D eigenvalue weighted by Crippen LogP contribution is -2.35. The molecule has 6 heteroatoms. The van der Waals surface area contributed by atoms with E-state index in [0.29, 0.717) is 12.1 Å². The quantitative estimate of drug-likeness (QED) is 0.777. The van der Waals surface area contributed by atoms with Gasteiger partial charge in [-0.05, 0) is 47.0 Å². The van der Waals surface area contributed by atoms with Crippen LogP contribution < -0.4 is 10.6 Å². The summed E-state index contributed by atoms with van der Waals surface area (Å²) in [4.78, 5) is 22.5. The molecule has 0 aliphatic carbocycles. The van der Waals surface area contributed by atoms with E-state index >= 15 is 0 Å². The normalized spacial score (nSPS) is 11.7. The minimum absolute atomic E-state index is 0.112. The van der Waals surface area contributed by atoms with Crippen molar-refractivity contribution < 1.29 is 14.7 Å². The number of hydrogen-bond acceptors (Lipinski definition) is 2. The predicted molar refractivity (Wildman–Crippen MR) is 77.3 cm³/mol. The monoisotopic (exact) mass is 328 g/mol. The Bertz CT molecular complexity index is 477. The van der Waals surface area contributed by atoms with Crippen LogP contribution in [0, 0.1) is 12.8 Å². The summed E-state index contributed by atoms with van der Waals surface area (Å²) in [5, 5.41) is 14.1. The van der Waals surface area contributed by atoms with E-state index in [1.807, 2.05) is 25.1 Å². The lowest BCUT2D eigenvalue weighted by molar-refractivity contribution is -0.141. The zero-order valence-corrected chi connectivity index (χ0v) is 12.5. The van der Waals surface area contributed by atoms with Gasteiger partial charge in [-0.3, -0.25) is 4.79 Å². The van der Waals surface area contributed by atoms with Gasteiger partial charge in [-0.2, -0.15) is 0 Å². The van der Waals surface area contributed by atoms with Crippen molar-refractivity contribution in [1.82, 2.24) is 5.32 Å². The molecule has 0 aliphatic rings. The van der Waals surface area contributed by atoms with Crippen LogP contribution in [0.2, 0.25) is 0 Å². The van der Waals surface area contributed by atoms with Gasteiger partial charge in [-0.25, -0.2) is 4.79 Å². The molecule has 0 aromatic heterocycles. The number of benzene rings is 1. The molecule has 19 heavy (non-hydrogen) atoms. The molecular weight excluding hydrogens is 312 g/mol. The van der Waals surface area contributed by atoms with Crippen molar-refractivity contribution in [3.63, 3.8) is 0 Å². The number of amides is 2. The van der Waals surface area contributed by atoms with E-state index in [0.717, 1.165) is 10.0 Å². The van der Waals surface area contributed by atoms with E-state index in [2.05, 4.69) is 26.6 Å². The SMILES string of the molecule is CCC(CNC(=O)Nc1cc(C)ccc1Br)C(=O)O. The Morgan fingerprint density at radius 1 is 1.42 bits per heavy atom. The Labute approximate surface area is 120 Å². The molecule has 0 radical (unpaired) electrons. The standard InChI is InChI=1S/C13H17BrN2O3/c1-3-9(12(17)18)7-15-13(19)16-11-6-8(2)4-5-10(11)14/h4-6,9H,3,7H2,1-2H3,(H,17,18)(H2,15,16,19). The van der Waals surface area contributed by atoms with Crippen molar-refractivity contribution in [2.45, 2.75) is 20.3 Å². The van der Waals surface area contributed by atoms with E-state index < -0.39 is 17.9 Å². The predicted octanol–water partition coefficient (Wildman–Crippen LogP) is 2.99. The summed E-state index contributed by atoms with van der Waals surface area (Å²) in [6, 6.07) is 5.19. The average Bonchev–Trinajstić information content (AvgIpc) is 2.34. The van der Waals surface area contributed by atoms with Gasteiger partial charge in [0.25, 0.3) is 0 Å². The molecule has 3 N–H and O–H groups in total. The van der Waals surface area contributed by atoms with Crippen LogP contribution in [0.3, 0.4) is 0 Å². The molecule has 0 fully saturated rings. The molecule has 0 saturated heterocycles. The Morgan fingerprint density at radius 3 is 2.68 bits per heavy atom. The van der Waals surface area contributed by atoms with Gasteiger partial charge in [0.05, 0.1) is 11.6 Å². The second kappa shape index (κ2) is 7.13. The first-order valence-corrected chi connectivity index (χ1v) is 6.77. The third-order valence-electron chi connectivity index (χ3n) is 2.72. The number of nitrogens with one attached hydrogen (secondary N) is 2. The summed E-state index contributed by atoms with van der Waals surface area (Å²) >= 11 is 3.34. The number of carbonyl (C=O) groups excluding carboxylic acids is 1. The summed E-state index contributed by atoms with van der Waals surface area (Å²) in [6.45, 7) is 3.81. The number of anilines is 1. The van der Waals surface area contributed by atoms with Gasteiger partial charge in [-0.15, -0.1) is 0 Å². The van der Waals surface area contributed by atoms with Crippen molar-refractivity contribution in [3.05, 3.63) is 28.2 Å². The molecule has 0 heterocycles. The lowest BCUT2D eigenvalue weighted by Gasteiger charge is -2.13. The first-order valence-electron chi connectivity index (χ1n) is 5.97. The number of halogens is 1. The number of rotatable bonds is 5. The van der Waals surface area contributed by atoms with Crippen molar-refractivity contribution in [2.75, 3.05) is 11.9 Å². The Morgan fingerprint density at radius 2 is 2.11 bits per heavy atom. The van der Waals surface area contributed by atoms with Crippen molar-refractivity contribution in [3.8, 4) is 0 Å². The molecule has 2 amide bonds. The third kappa shape index (κ3) is 4.90. The maximum Gasteiger partial charge on any atom is 0.319 e. The van der Waals surface area contributed by atoms with Crippen molar-refractivity contribution in [2.24, 2.45) is 5.92 Å². The van der Waals surface area contributed by atoms with Crippen LogP contribution in [0.25, 0.3) is 0 Å². The second-order valence-electron chi connectivity index (χ2n) is 4.26. The minimum Gasteiger partial charge on any atom is -0.481 e. The van der Waals surface area contributed by atoms with Crippen LogP contribution in [0.15, 0.2) is 22.7 Å². The maximum absolute atomic E-state index is 11.7. The van der Waals surface area contributed by atoms with Crippen LogP contribution in [0.5, 0.6) is 0 Å². The minimum atomic E-state index is -0.903. The van der Waals surface area contributed by atoms with Gasteiger partial charge >= 0.3 is 12.0 Å². The van der Waals surface area contributed by atoms with Crippen LogP contribution in [-0.4, -0.2) is 23.7 Å². The molecule has 0 bridgehead atoms. The van der Waals surface area contributed by atoms with Gasteiger partial charge in [-0.1, -0.05) is 13.0 Å². The van der Waals surface area contributed by atoms with Crippen LogP contribution in [-0.2, 0) is 4.79 Å². The smallest absolute Gasteiger partial charge is 0.319 e. The molecule has 5 nitrogen and oxygen atoms in total. The van der Waals surface area contributed by atoms with E-state index in [1.165, 1.54) is 0 Å². The highest BCUT2D eigenvalue weighted by Gasteiger charge is 2.16. The average molecular weight is 329 g/mol. The molecule has 0 spiro atoms. The molecule has 1 atom stereocenters. The zero-order valence-electron chi connectivity index (χ0n) is 10.9. The van der Waals surface area contributed by atoms with Crippen LogP contribution in [0.4, 0.5) is 10.5 Å². The summed E-state index contributed by atoms with van der Waals surface area (Å²) < 4.78 is 0.776. The number of carboxylic acid groups (broad SMARTS) is 1. The number of carboxylic acids is 1. The highest BCUT2D eigenvalue weighted by Crippen LogP contribution is 2.23. The molecule has 104 valence electrons. The fourth-order valence-electron chi connectivity index (χ4n) is 1.52. The Kier molecular flexibility index (Phi) is 5.82. The number of hydrogen-bond donors (Lipinski definition) is 3. The summed E-state index contributed by atoms with van der Waals surface area (Å²) in [7, 11) is 0. The maximum atomic E-state index is 11.7. The topological polar surface area (TPSA) is 78.4 Å². The molecule has 1 aromatic rings. The third-order valence-corrected chi connectivity index (χ3v) is 3.41. The van der Waals surface area contributed by atoms with Gasteiger partial charge in [0.2, 0.25) is 0 Å². The summed E-state index contributed by atoms with van der Waals surface area (Å²) in [6.07, 6.45) is 0.476. The molecular formula is C13H17BrN2O3. The number of urea groups is 1. The van der Waals surface area contributed by atoms with E-state index in [-0.39, 0.29) is 6.54 Å². The van der Waals surface area contributed by atoms with Gasteiger partial charge in [0, 0.05) is 11.0 Å². The molecule has 0 saturated carbocycles. The Balaban J connectivity index is 2.56. The molecule has 0 aliphatic heterocycles. The highest BCUT2D eigenvalue weighted by atomic mass is 79.9. The molecule has 1 unspecified atom stereocenters. The highest BCUT2D eigenvalue weighted by molar-refractivity contribution is 9.10. The summed E-state index contributed by atoms with van der Waals surface area (Å²) in [5.41, 5.74) is 1.68. The summed E-state index contributed by atoms with van der Waals surface area (Å²) in [5.74, 6) is -1.47. The van der Waals surface area contributed by atoms with Gasteiger partial charge in [0.15, 0.2) is 0 Å². The lowest BCUT2D eigenvalue weighted by atomic mass is 10.1. The van der Waals surface area contributed by atoms with E-state index in [4.69, 9.17) is 5.11 Å². The molecule has 1 aromatic carbocycles. The number of aliphatic carboxylic acids is 1. The largest absolute Gasteiger partial charge is 0.481 e. The van der Waals surface area contributed by atoms with E-state index in [9.17, 15) is 9.59 Å². The first kappa shape index (κ1) is 15.5. The van der Waals surface area contributed by atoms with Crippen LogP contribution in [0.1, 0.15) is 18.9 Å². The number of carbonyl (C=O) groups is 2. The van der Waals surface area contributed by atoms with Gasteiger partial charge < -0.3 is 15.7 Å². The fourth-order valence-corrected chi connectivity index (χ4v) is 1.87. The second-order valence-corrected chi connectivity index (χ2v) is 5.12. The first-order chi connectivity index (χ1) is 8.93. The van der Waals surface area contributed by atoms with E-state index in [1.54, 1.807) is 6.92 Å². The fraction of sp³-hybridized carbons (Fsp3) is 0.385.